The minimum Gasteiger partial charge on any atom is -0.481 e. The van der Waals surface area contributed by atoms with Gasteiger partial charge in [0.15, 0.2) is 0 Å². The molecule has 0 saturated carbocycles. The number of nitrogens with one attached hydrogen (secondary N) is 1. The van der Waals surface area contributed by atoms with E-state index in [0.29, 0.717) is 32.4 Å². The number of hydrogen-bond donors (Lipinski definition) is 2. The molecule has 7 nitrogen and oxygen atoms in total. The molecule has 3 unspecified atom stereocenters. The lowest BCUT2D eigenvalue weighted by Gasteiger charge is -2.37. The molecule has 0 aromatic heterocycles. The maximum atomic E-state index is 12.3. The predicted octanol–water partition coefficient (Wildman–Crippen LogP) is 0.359. The van der Waals surface area contributed by atoms with Crippen molar-refractivity contribution in [2.45, 2.75) is 32.2 Å². The van der Waals surface area contributed by atoms with Crippen LogP contribution in [0.25, 0.3) is 0 Å². The van der Waals surface area contributed by atoms with Crippen molar-refractivity contribution in [2.75, 3.05) is 26.7 Å². The van der Waals surface area contributed by atoms with Crippen LogP contribution in [0, 0.1) is 11.8 Å². The number of carbonyl (C=O) groups excluding carboxylic acids is 2. The van der Waals surface area contributed by atoms with Crippen molar-refractivity contribution in [1.29, 1.82) is 0 Å². The van der Waals surface area contributed by atoms with Crippen LogP contribution in [0.2, 0.25) is 0 Å². The summed E-state index contributed by atoms with van der Waals surface area (Å²) in [6.07, 6.45) is 1.69. The third kappa shape index (κ3) is 3.86. The van der Waals surface area contributed by atoms with Crippen LogP contribution in [-0.2, 0) is 9.59 Å². The summed E-state index contributed by atoms with van der Waals surface area (Å²) in [6.45, 7) is 3.31. The summed E-state index contributed by atoms with van der Waals surface area (Å²) in [5.74, 6) is -1.06. The first-order valence-electron chi connectivity index (χ1n) is 7.39. The number of carbonyl (C=O) groups is 3. The molecular weight excluding hydrogens is 274 g/mol. The molecule has 0 aromatic carbocycles. The fourth-order valence-electron chi connectivity index (χ4n) is 3.09. The highest BCUT2D eigenvalue weighted by molar-refractivity contribution is 5.79. The molecule has 2 saturated heterocycles. The minimum absolute atomic E-state index is 0.0549. The number of carboxylic acid groups (broad SMARTS) is 1. The van der Waals surface area contributed by atoms with Gasteiger partial charge in [0.25, 0.3) is 0 Å². The Balaban J connectivity index is 1.90. The van der Waals surface area contributed by atoms with E-state index in [1.54, 1.807) is 16.8 Å². The second-order valence-electron chi connectivity index (χ2n) is 6.24. The average Bonchev–Trinajstić information content (AvgIpc) is 2.42. The van der Waals surface area contributed by atoms with Crippen LogP contribution in [0.5, 0.6) is 0 Å². The molecule has 3 atom stereocenters. The Morgan fingerprint density at radius 2 is 2.00 bits per heavy atom. The zero-order chi connectivity index (χ0) is 15.6. The molecule has 21 heavy (non-hydrogen) atoms. The van der Waals surface area contributed by atoms with Gasteiger partial charge in [-0.3, -0.25) is 9.59 Å². The van der Waals surface area contributed by atoms with Gasteiger partial charge < -0.3 is 20.2 Å². The Kier molecular flexibility index (Phi) is 4.69. The number of rotatable bonds is 2. The van der Waals surface area contributed by atoms with Crippen molar-refractivity contribution in [3.05, 3.63) is 0 Å². The molecule has 2 aliphatic heterocycles. The molecule has 0 aliphatic carbocycles. The van der Waals surface area contributed by atoms with Gasteiger partial charge in [-0.15, -0.1) is 0 Å². The summed E-state index contributed by atoms with van der Waals surface area (Å²) in [5, 5.41) is 12.1. The first-order valence-corrected chi connectivity index (χ1v) is 7.39. The SMILES string of the molecule is CC1CC(C(=O)O)CN(C(=O)NC2CCC(=O)N(C)C2)C1. The van der Waals surface area contributed by atoms with E-state index < -0.39 is 11.9 Å². The lowest BCUT2D eigenvalue weighted by molar-refractivity contribution is -0.143. The molecule has 0 spiro atoms. The van der Waals surface area contributed by atoms with Gasteiger partial charge in [-0.05, 0) is 18.8 Å². The number of piperidine rings is 2. The number of urea groups is 1. The molecule has 2 fully saturated rings. The lowest BCUT2D eigenvalue weighted by atomic mass is 9.91. The van der Waals surface area contributed by atoms with E-state index in [-0.39, 0.29) is 30.4 Å². The summed E-state index contributed by atoms with van der Waals surface area (Å²) in [5.41, 5.74) is 0. The van der Waals surface area contributed by atoms with Crippen molar-refractivity contribution in [3.63, 3.8) is 0 Å². The van der Waals surface area contributed by atoms with Crippen LogP contribution in [0.4, 0.5) is 4.79 Å². The summed E-state index contributed by atoms with van der Waals surface area (Å²) in [7, 11) is 1.73. The Bertz CT molecular complexity index is 440. The molecule has 7 heteroatoms. The highest BCUT2D eigenvalue weighted by Crippen LogP contribution is 2.22. The van der Waals surface area contributed by atoms with Crippen molar-refractivity contribution in [3.8, 4) is 0 Å². The van der Waals surface area contributed by atoms with Crippen LogP contribution in [0.3, 0.4) is 0 Å². The number of likely N-dealkylation sites (tertiary alicyclic amines) is 2. The van der Waals surface area contributed by atoms with Crippen molar-refractivity contribution >= 4 is 17.9 Å². The van der Waals surface area contributed by atoms with Gasteiger partial charge in [0.05, 0.1) is 5.92 Å². The zero-order valence-electron chi connectivity index (χ0n) is 12.5. The van der Waals surface area contributed by atoms with Crippen LogP contribution in [0.15, 0.2) is 0 Å². The molecule has 3 amide bonds. The third-order valence-corrected chi connectivity index (χ3v) is 4.25. The van der Waals surface area contributed by atoms with Crippen LogP contribution < -0.4 is 5.32 Å². The fourth-order valence-corrected chi connectivity index (χ4v) is 3.09. The molecule has 2 N–H and O–H groups in total. The normalized spacial score (nSPS) is 30.2. The number of amides is 3. The average molecular weight is 297 g/mol. The molecule has 2 rings (SSSR count). The van der Waals surface area contributed by atoms with E-state index in [1.807, 2.05) is 6.92 Å². The Hall–Kier alpha value is -1.79. The standard InChI is InChI=1S/C14H23N3O4/c1-9-5-10(13(19)20)7-17(6-9)14(21)15-11-3-4-12(18)16(2)8-11/h9-11H,3-8H2,1-2H3,(H,15,21)(H,19,20). The Morgan fingerprint density at radius 3 is 2.62 bits per heavy atom. The zero-order valence-corrected chi connectivity index (χ0v) is 12.5. The third-order valence-electron chi connectivity index (χ3n) is 4.25. The van der Waals surface area contributed by atoms with Crippen molar-refractivity contribution in [1.82, 2.24) is 15.1 Å². The van der Waals surface area contributed by atoms with Gasteiger partial charge in [0.1, 0.15) is 0 Å². The van der Waals surface area contributed by atoms with Gasteiger partial charge in [-0.1, -0.05) is 6.92 Å². The summed E-state index contributed by atoms with van der Waals surface area (Å²) in [6, 6.07) is -0.277. The van der Waals surface area contributed by atoms with Crippen LogP contribution in [-0.4, -0.2) is 65.5 Å². The quantitative estimate of drug-likeness (QED) is 0.770. The van der Waals surface area contributed by atoms with E-state index in [0.717, 1.165) is 0 Å². The summed E-state index contributed by atoms with van der Waals surface area (Å²) in [4.78, 5) is 38.1. The molecule has 0 bridgehead atoms. The molecule has 0 radical (unpaired) electrons. The van der Waals surface area contributed by atoms with Crippen LogP contribution in [0.1, 0.15) is 26.2 Å². The minimum atomic E-state index is -0.845. The van der Waals surface area contributed by atoms with Gasteiger partial charge in [0, 0.05) is 39.1 Å². The molecule has 2 aliphatic rings. The number of likely N-dealkylation sites (N-methyl/N-ethyl adjacent to an activating group) is 1. The molecule has 2 heterocycles. The highest BCUT2D eigenvalue weighted by Gasteiger charge is 2.33. The Labute approximate surface area is 124 Å². The summed E-state index contributed by atoms with van der Waals surface area (Å²) < 4.78 is 0. The smallest absolute Gasteiger partial charge is 0.317 e. The molecule has 118 valence electrons. The van der Waals surface area contributed by atoms with Gasteiger partial charge >= 0.3 is 12.0 Å². The van der Waals surface area contributed by atoms with Gasteiger partial charge in [0.2, 0.25) is 5.91 Å². The maximum Gasteiger partial charge on any atom is 0.317 e. The topological polar surface area (TPSA) is 90.0 Å². The first-order chi connectivity index (χ1) is 9.86. The predicted molar refractivity (Wildman–Crippen MR) is 75.7 cm³/mol. The van der Waals surface area contributed by atoms with E-state index in [9.17, 15) is 14.4 Å². The lowest BCUT2D eigenvalue weighted by Crippen LogP contribution is -2.55. The van der Waals surface area contributed by atoms with E-state index >= 15 is 0 Å². The second-order valence-corrected chi connectivity index (χ2v) is 6.24. The number of hydrogen-bond acceptors (Lipinski definition) is 3. The number of aliphatic carboxylic acids is 1. The molecular formula is C14H23N3O4. The van der Waals surface area contributed by atoms with Gasteiger partial charge in [-0.25, -0.2) is 4.79 Å². The van der Waals surface area contributed by atoms with Crippen molar-refractivity contribution < 1.29 is 19.5 Å². The number of nitrogens with zero attached hydrogens (tertiary/aromatic N) is 2. The highest BCUT2D eigenvalue weighted by atomic mass is 16.4. The Morgan fingerprint density at radius 1 is 1.29 bits per heavy atom. The molecule has 0 aromatic rings. The van der Waals surface area contributed by atoms with Crippen LogP contribution >= 0.6 is 0 Å². The van der Waals surface area contributed by atoms with E-state index in [4.69, 9.17) is 5.11 Å². The fraction of sp³-hybridized carbons (Fsp3) is 0.786. The van der Waals surface area contributed by atoms with E-state index in [2.05, 4.69) is 5.32 Å². The van der Waals surface area contributed by atoms with E-state index in [1.165, 1.54) is 0 Å². The number of carboxylic acids is 1. The van der Waals surface area contributed by atoms with Crippen molar-refractivity contribution in [2.24, 2.45) is 11.8 Å². The summed E-state index contributed by atoms with van der Waals surface area (Å²) >= 11 is 0. The largest absolute Gasteiger partial charge is 0.481 e. The van der Waals surface area contributed by atoms with Gasteiger partial charge in [-0.2, -0.15) is 0 Å². The maximum absolute atomic E-state index is 12.3. The second kappa shape index (κ2) is 6.32. The first kappa shape index (κ1) is 15.6. The monoisotopic (exact) mass is 297 g/mol.